The lowest BCUT2D eigenvalue weighted by molar-refractivity contribution is -0.242. The van der Waals surface area contributed by atoms with Crippen LogP contribution in [-0.4, -0.2) is 55.6 Å². The average Bonchev–Trinajstić information content (AvgIpc) is 3.01. The number of hydrogen-bond acceptors (Lipinski definition) is 7. The number of fused-ring (bicyclic) bond motifs is 5. The van der Waals surface area contributed by atoms with E-state index in [1.807, 2.05) is 13.8 Å². The van der Waals surface area contributed by atoms with Gasteiger partial charge in [-0.15, -0.1) is 0 Å². The van der Waals surface area contributed by atoms with Crippen LogP contribution in [0, 0.1) is 40.4 Å². The molecule has 4 fully saturated rings. The van der Waals surface area contributed by atoms with Crippen molar-refractivity contribution in [2.75, 3.05) is 0 Å². The van der Waals surface area contributed by atoms with Crippen molar-refractivity contribution >= 4 is 5.97 Å². The molecule has 4 saturated carbocycles. The third-order valence-corrected chi connectivity index (χ3v) is 10.7. The van der Waals surface area contributed by atoms with Crippen LogP contribution in [0.4, 0.5) is 0 Å². The molecular formula is C24H40O7. The van der Waals surface area contributed by atoms with Gasteiger partial charge >= 0.3 is 5.97 Å². The maximum atomic E-state index is 11.9. The van der Waals surface area contributed by atoms with E-state index in [0.29, 0.717) is 25.7 Å². The Hall–Kier alpha value is -0.730. The van der Waals surface area contributed by atoms with Gasteiger partial charge in [0.05, 0.1) is 23.9 Å². The Bertz CT molecular complexity index is 699. The largest absolute Gasteiger partial charge is 0.393 e. The molecule has 0 aliphatic heterocycles. The number of hydrogen-bond donors (Lipinski definition) is 5. The number of aliphatic hydroxyl groups is 4. The van der Waals surface area contributed by atoms with E-state index in [0.717, 1.165) is 25.7 Å². The Morgan fingerprint density at radius 3 is 2.45 bits per heavy atom. The number of carbonyl (C=O) groups is 1. The van der Waals surface area contributed by atoms with Crippen LogP contribution < -0.4 is 0 Å². The molecule has 0 aromatic rings. The molecule has 178 valence electrons. The molecule has 7 nitrogen and oxygen atoms in total. The fraction of sp³-hybridized carbons (Fsp3) is 0.958. The quantitative estimate of drug-likeness (QED) is 0.336. The van der Waals surface area contributed by atoms with E-state index in [1.54, 1.807) is 0 Å². The molecule has 0 bridgehead atoms. The van der Waals surface area contributed by atoms with Gasteiger partial charge < -0.3 is 25.3 Å². The summed E-state index contributed by atoms with van der Waals surface area (Å²) < 4.78 is 0. The van der Waals surface area contributed by atoms with Gasteiger partial charge in [0, 0.05) is 11.8 Å². The van der Waals surface area contributed by atoms with E-state index in [9.17, 15) is 25.2 Å². The van der Waals surface area contributed by atoms with E-state index in [-0.39, 0.29) is 47.5 Å². The number of carbonyl (C=O) groups excluding carboxylic acids is 1. The van der Waals surface area contributed by atoms with Crippen molar-refractivity contribution in [3.63, 3.8) is 0 Å². The van der Waals surface area contributed by atoms with E-state index >= 15 is 0 Å². The first-order valence-electron chi connectivity index (χ1n) is 12.1. The van der Waals surface area contributed by atoms with Gasteiger partial charge in [-0.2, -0.15) is 5.26 Å². The zero-order valence-electron chi connectivity index (χ0n) is 19.0. The molecule has 0 amide bonds. The molecule has 0 heterocycles. The molecule has 0 saturated heterocycles. The molecule has 0 spiro atoms. The van der Waals surface area contributed by atoms with E-state index in [4.69, 9.17) is 5.26 Å². The molecule has 4 aliphatic rings. The van der Waals surface area contributed by atoms with Gasteiger partial charge in [-0.05, 0) is 86.4 Å². The van der Waals surface area contributed by atoms with Crippen molar-refractivity contribution < 1.29 is 35.4 Å². The van der Waals surface area contributed by atoms with Crippen molar-refractivity contribution in [3.05, 3.63) is 0 Å². The molecule has 0 aromatic carbocycles. The third-order valence-electron chi connectivity index (χ3n) is 10.7. The van der Waals surface area contributed by atoms with Crippen molar-refractivity contribution in [1.29, 1.82) is 0 Å². The fourth-order valence-electron chi connectivity index (χ4n) is 8.66. The smallest absolute Gasteiger partial charge is 0.342 e. The zero-order valence-corrected chi connectivity index (χ0v) is 19.0. The normalized spacial score (nSPS) is 52.6. The van der Waals surface area contributed by atoms with Gasteiger partial charge in [0.1, 0.15) is 0 Å². The number of rotatable bonds is 4. The summed E-state index contributed by atoms with van der Waals surface area (Å²) in [6.45, 7) is 6.15. The summed E-state index contributed by atoms with van der Waals surface area (Å²) in [5.74, 6) is -0.537. The Morgan fingerprint density at radius 2 is 1.77 bits per heavy atom. The van der Waals surface area contributed by atoms with Gasteiger partial charge in [-0.3, -0.25) is 0 Å². The fourth-order valence-corrected chi connectivity index (χ4v) is 8.66. The highest BCUT2D eigenvalue weighted by Crippen LogP contribution is 2.69. The molecule has 5 N–H and O–H groups in total. The lowest BCUT2D eigenvalue weighted by Gasteiger charge is -2.64. The van der Waals surface area contributed by atoms with Crippen LogP contribution in [0.5, 0.6) is 0 Å². The summed E-state index contributed by atoms with van der Waals surface area (Å²) in [6.07, 6.45) is 3.75. The second kappa shape index (κ2) is 7.94. The highest BCUT2D eigenvalue weighted by molar-refractivity contribution is 5.68. The van der Waals surface area contributed by atoms with Crippen LogP contribution in [0.2, 0.25) is 0 Å². The molecule has 0 unspecified atom stereocenters. The van der Waals surface area contributed by atoms with Gasteiger partial charge in [-0.1, -0.05) is 20.8 Å². The topological polar surface area (TPSA) is 127 Å². The molecule has 31 heavy (non-hydrogen) atoms. The summed E-state index contributed by atoms with van der Waals surface area (Å²) in [5, 5.41) is 53.4. The summed E-state index contributed by atoms with van der Waals surface area (Å²) in [5.41, 5.74) is -1.93. The summed E-state index contributed by atoms with van der Waals surface area (Å²) >= 11 is 0. The maximum absolute atomic E-state index is 11.9. The Morgan fingerprint density at radius 1 is 1.06 bits per heavy atom. The maximum Gasteiger partial charge on any atom is 0.342 e. The first-order valence-corrected chi connectivity index (χ1v) is 12.1. The molecule has 0 aromatic heterocycles. The second-order valence-corrected chi connectivity index (χ2v) is 11.6. The molecule has 11 atom stereocenters. The standard InChI is InChI=1S/C24H40O7/c1-13(4-5-20(28)31-30)24(29)9-7-16-21-17(12-19(27)23(16,24)3)22(2)8-6-15(25)10-14(22)11-18(21)26/h13-19,21,25-27,29-30H,4-12H2,1-3H3/t13-,14+,15-,16+,17+,18-,19+,21+,22+,23-,24+/m1/s1. The van der Waals surface area contributed by atoms with Crippen molar-refractivity contribution in [2.24, 2.45) is 40.4 Å². The first-order chi connectivity index (χ1) is 14.5. The molecule has 7 heteroatoms. The summed E-state index contributed by atoms with van der Waals surface area (Å²) in [4.78, 5) is 15.2. The Kier molecular flexibility index (Phi) is 6.00. The predicted octanol–water partition coefficient (Wildman–Crippen LogP) is 2.50. The van der Waals surface area contributed by atoms with Crippen LogP contribution >= 0.6 is 0 Å². The number of aliphatic hydroxyl groups excluding tert-OH is 3. The Labute approximate surface area is 184 Å². The van der Waals surface area contributed by atoms with Gasteiger partial charge in [0.2, 0.25) is 0 Å². The lowest BCUT2D eigenvalue weighted by Crippen LogP contribution is -2.66. The van der Waals surface area contributed by atoms with Crippen LogP contribution in [0.15, 0.2) is 0 Å². The van der Waals surface area contributed by atoms with Crippen molar-refractivity contribution in [3.8, 4) is 0 Å². The van der Waals surface area contributed by atoms with Crippen LogP contribution in [0.1, 0.15) is 78.6 Å². The average molecular weight is 441 g/mol. The summed E-state index contributed by atoms with van der Waals surface area (Å²) in [7, 11) is 0. The SMILES string of the molecule is C[C@H](CCC(=O)OO)[C@@]1(O)CC[C@H]2[C@@H]3[C@H](O)C[C@@H]4C[C@H](O)CC[C@]4(C)[C@H]3C[C@H](O)[C@@]21C. The van der Waals surface area contributed by atoms with E-state index in [1.165, 1.54) is 0 Å². The lowest BCUT2D eigenvalue weighted by atomic mass is 9.42. The van der Waals surface area contributed by atoms with Gasteiger partial charge in [0.15, 0.2) is 0 Å². The second-order valence-electron chi connectivity index (χ2n) is 11.6. The van der Waals surface area contributed by atoms with Crippen LogP contribution in [-0.2, 0) is 9.68 Å². The molecule has 4 rings (SSSR count). The minimum Gasteiger partial charge on any atom is -0.393 e. The minimum atomic E-state index is -1.15. The van der Waals surface area contributed by atoms with Gasteiger partial charge in [-0.25, -0.2) is 4.79 Å². The minimum absolute atomic E-state index is 0.00174. The summed E-state index contributed by atoms with van der Waals surface area (Å²) in [6, 6.07) is 0. The van der Waals surface area contributed by atoms with Crippen molar-refractivity contribution in [1.82, 2.24) is 0 Å². The first kappa shape index (κ1) is 23.4. The Balaban J connectivity index is 1.63. The van der Waals surface area contributed by atoms with E-state index < -0.39 is 29.2 Å². The van der Waals surface area contributed by atoms with Crippen LogP contribution in [0.25, 0.3) is 0 Å². The molecule has 4 aliphatic carbocycles. The highest BCUT2D eigenvalue weighted by atomic mass is 17.1. The van der Waals surface area contributed by atoms with Crippen molar-refractivity contribution in [2.45, 2.75) is 102 Å². The molecule has 0 radical (unpaired) electrons. The van der Waals surface area contributed by atoms with Gasteiger partial charge in [0.25, 0.3) is 0 Å². The monoisotopic (exact) mass is 440 g/mol. The third kappa shape index (κ3) is 3.30. The molecular weight excluding hydrogens is 400 g/mol. The zero-order chi connectivity index (χ0) is 22.8. The van der Waals surface area contributed by atoms with Crippen LogP contribution in [0.3, 0.4) is 0 Å². The van der Waals surface area contributed by atoms with E-state index in [2.05, 4.69) is 11.8 Å². The highest BCUT2D eigenvalue weighted by Gasteiger charge is 2.70. The predicted molar refractivity (Wildman–Crippen MR) is 113 cm³/mol.